The molecule has 0 bridgehead atoms. The first-order chi connectivity index (χ1) is 7.15. The summed E-state index contributed by atoms with van der Waals surface area (Å²) in [5.41, 5.74) is 1.22. The Hall–Kier alpha value is -1.23. The number of nitrogens with zero attached hydrogens (tertiary/aromatic N) is 3. The number of hydrogen-bond acceptors (Lipinski definition) is 2. The highest BCUT2D eigenvalue weighted by atomic mass is 79.9. The molecular formula is C10H9BrFN3. The van der Waals surface area contributed by atoms with E-state index in [1.165, 1.54) is 6.07 Å². The van der Waals surface area contributed by atoms with Gasteiger partial charge in [-0.3, -0.25) is 9.67 Å². The standard InChI is InChI=1S/C10H9BrFN3/c1-7-10(12)2-8(3-13-7)5-15-6-9(11)4-14-15/h2-4,6H,5H2,1H3. The summed E-state index contributed by atoms with van der Waals surface area (Å²) in [5, 5.41) is 4.08. The molecule has 0 atom stereocenters. The van der Waals surface area contributed by atoms with Crippen molar-refractivity contribution in [2.75, 3.05) is 0 Å². The maximum absolute atomic E-state index is 13.2. The fourth-order valence-corrected chi connectivity index (χ4v) is 1.57. The van der Waals surface area contributed by atoms with E-state index >= 15 is 0 Å². The Bertz CT molecular complexity index is 481. The quantitative estimate of drug-likeness (QED) is 0.839. The molecule has 78 valence electrons. The second-order valence-electron chi connectivity index (χ2n) is 3.27. The van der Waals surface area contributed by atoms with Crippen molar-refractivity contribution in [1.82, 2.24) is 14.8 Å². The van der Waals surface area contributed by atoms with Crippen LogP contribution < -0.4 is 0 Å². The molecule has 3 nitrogen and oxygen atoms in total. The van der Waals surface area contributed by atoms with Crippen molar-refractivity contribution in [2.45, 2.75) is 13.5 Å². The Morgan fingerprint density at radius 3 is 2.87 bits per heavy atom. The highest BCUT2D eigenvalue weighted by Gasteiger charge is 2.02. The fraction of sp³-hybridized carbons (Fsp3) is 0.200. The van der Waals surface area contributed by atoms with Crippen LogP contribution in [0.25, 0.3) is 0 Å². The lowest BCUT2D eigenvalue weighted by molar-refractivity contribution is 0.600. The maximum Gasteiger partial charge on any atom is 0.144 e. The number of aryl methyl sites for hydroxylation is 1. The number of aromatic nitrogens is 3. The lowest BCUT2D eigenvalue weighted by Crippen LogP contribution is -2.01. The number of pyridine rings is 1. The van der Waals surface area contributed by atoms with Gasteiger partial charge in [0.05, 0.1) is 22.9 Å². The first kappa shape index (κ1) is 10.3. The predicted molar refractivity (Wildman–Crippen MR) is 58.0 cm³/mol. The molecular weight excluding hydrogens is 261 g/mol. The van der Waals surface area contributed by atoms with Crippen molar-refractivity contribution in [1.29, 1.82) is 0 Å². The predicted octanol–water partition coefficient (Wildman–Crippen LogP) is 2.54. The lowest BCUT2D eigenvalue weighted by atomic mass is 10.2. The van der Waals surface area contributed by atoms with Crippen LogP contribution in [0.2, 0.25) is 0 Å². The molecule has 0 amide bonds. The van der Waals surface area contributed by atoms with Gasteiger partial charge in [0.1, 0.15) is 5.82 Å². The van der Waals surface area contributed by atoms with E-state index in [0.29, 0.717) is 12.2 Å². The Morgan fingerprint density at radius 2 is 2.27 bits per heavy atom. The summed E-state index contributed by atoms with van der Waals surface area (Å²) >= 11 is 3.30. The van der Waals surface area contributed by atoms with E-state index in [4.69, 9.17) is 0 Å². The smallest absolute Gasteiger partial charge is 0.144 e. The molecule has 0 aliphatic rings. The third kappa shape index (κ3) is 2.41. The molecule has 0 aliphatic heterocycles. The molecule has 5 heteroatoms. The van der Waals surface area contributed by atoms with Gasteiger partial charge >= 0.3 is 0 Å². The molecule has 2 aromatic rings. The third-order valence-corrected chi connectivity index (χ3v) is 2.44. The van der Waals surface area contributed by atoms with Crippen molar-refractivity contribution >= 4 is 15.9 Å². The van der Waals surface area contributed by atoms with Crippen LogP contribution in [0, 0.1) is 12.7 Å². The van der Waals surface area contributed by atoms with Crippen molar-refractivity contribution in [3.63, 3.8) is 0 Å². The van der Waals surface area contributed by atoms with E-state index in [2.05, 4.69) is 26.0 Å². The van der Waals surface area contributed by atoms with E-state index in [-0.39, 0.29) is 5.82 Å². The van der Waals surface area contributed by atoms with Gasteiger partial charge in [-0.15, -0.1) is 0 Å². The van der Waals surface area contributed by atoms with Gasteiger partial charge in [0.25, 0.3) is 0 Å². The molecule has 0 saturated heterocycles. The zero-order valence-corrected chi connectivity index (χ0v) is 9.70. The molecule has 2 heterocycles. The third-order valence-electron chi connectivity index (χ3n) is 2.03. The van der Waals surface area contributed by atoms with E-state index in [1.54, 1.807) is 24.0 Å². The fourth-order valence-electron chi connectivity index (χ4n) is 1.24. The summed E-state index contributed by atoms with van der Waals surface area (Å²) in [6.07, 6.45) is 5.18. The lowest BCUT2D eigenvalue weighted by Gasteiger charge is -2.02. The van der Waals surface area contributed by atoms with Gasteiger partial charge in [0.2, 0.25) is 0 Å². The number of halogens is 2. The van der Waals surface area contributed by atoms with Gasteiger partial charge < -0.3 is 0 Å². The van der Waals surface area contributed by atoms with Crippen molar-refractivity contribution in [3.8, 4) is 0 Å². The second-order valence-corrected chi connectivity index (χ2v) is 4.18. The van der Waals surface area contributed by atoms with Gasteiger partial charge in [-0.25, -0.2) is 4.39 Å². The van der Waals surface area contributed by atoms with Gasteiger partial charge in [0.15, 0.2) is 0 Å². The van der Waals surface area contributed by atoms with Crippen molar-refractivity contribution < 1.29 is 4.39 Å². The molecule has 0 fully saturated rings. The number of rotatable bonds is 2. The molecule has 2 rings (SSSR count). The van der Waals surface area contributed by atoms with E-state index in [9.17, 15) is 4.39 Å². The molecule has 0 unspecified atom stereocenters. The first-order valence-electron chi connectivity index (χ1n) is 4.44. The molecule has 15 heavy (non-hydrogen) atoms. The van der Waals surface area contributed by atoms with Crippen LogP contribution in [0.4, 0.5) is 4.39 Å². The topological polar surface area (TPSA) is 30.7 Å². The van der Waals surface area contributed by atoms with Crippen LogP contribution in [-0.2, 0) is 6.54 Å². The molecule has 0 saturated carbocycles. The zero-order valence-electron chi connectivity index (χ0n) is 8.11. The van der Waals surface area contributed by atoms with Gasteiger partial charge in [-0.05, 0) is 34.5 Å². The maximum atomic E-state index is 13.2. The summed E-state index contributed by atoms with van der Waals surface area (Å²) in [7, 11) is 0. The van der Waals surface area contributed by atoms with Crippen LogP contribution in [-0.4, -0.2) is 14.8 Å². The Labute approximate surface area is 95.1 Å². The normalized spacial score (nSPS) is 10.6. The minimum absolute atomic E-state index is 0.279. The minimum atomic E-state index is -0.279. The summed E-state index contributed by atoms with van der Waals surface area (Å²) in [5.74, 6) is -0.279. The van der Waals surface area contributed by atoms with Crippen molar-refractivity contribution in [2.24, 2.45) is 0 Å². The molecule has 0 spiro atoms. The van der Waals surface area contributed by atoms with Crippen LogP contribution in [0.1, 0.15) is 11.3 Å². The second kappa shape index (κ2) is 4.10. The van der Waals surface area contributed by atoms with E-state index < -0.39 is 0 Å². The average Bonchev–Trinajstić information content (AvgIpc) is 2.58. The molecule has 0 N–H and O–H groups in total. The highest BCUT2D eigenvalue weighted by molar-refractivity contribution is 9.10. The summed E-state index contributed by atoms with van der Waals surface area (Å²) < 4.78 is 15.8. The molecule has 0 aliphatic carbocycles. The van der Waals surface area contributed by atoms with Gasteiger partial charge in [-0.1, -0.05) is 0 Å². The van der Waals surface area contributed by atoms with Gasteiger partial charge in [-0.2, -0.15) is 5.10 Å². The SMILES string of the molecule is Cc1ncc(Cn2cc(Br)cn2)cc1F. The number of hydrogen-bond donors (Lipinski definition) is 0. The summed E-state index contributed by atoms with van der Waals surface area (Å²) in [4.78, 5) is 3.95. The molecule has 0 radical (unpaired) electrons. The Balaban J connectivity index is 2.21. The average molecular weight is 270 g/mol. The van der Waals surface area contributed by atoms with Crippen LogP contribution in [0.15, 0.2) is 29.1 Å². The largest absolute Gasteiger partial charge is 0.267 e. The minimum Gasteiger partial charge on any atom is -0.267 e. The molecule has 0 aromatic carbocycles. The Morgan fingerprint density at radius 1 is 1.47 bits per heavy atom. The summed E-state index contributed by atoms with van der Waals surface area (Å²) in [6, 6.07) is 1.48. The Kier molecular flexibility index (Phi) is 2.81. The highest BCUT2D eigenvalue weighted by Crippen LogP contribution is 2.10. The van der Waals surface area contributed by atoms with E-state index in [0.717, 1.165) is 10.0 Å². The summed E-state index contributed by atoms with van der Waals surface area (Å²) in [6.45, 7) is 2.17. The van der Waals surface area contributed by atoms with E-state index in [1.807, 2.05) is 6.20 Å². The monoisotopic (exact) mass is 269 g/mol. The molecule has 2 aromatic heterocycles. The van der Waals surface area contributed by atoms with Gasteiger partial charge in [0, 0.05) is 12.4 Å². The van der Waals surface area contributed by atoms with Crippen LogP contribution in [0.3, 0.4) is 0 Å². The van der Waals surface area contributed by atoms with Crippen molar-refractivity contribution in [3.05, 3.63) is 46.2 Å². The first-order valence-corrected chi connectivity index (χ1v) is 5.23. The van der Waals surface area contributed by atoms with Crippen LogP contribution >= 0.6 is 15.9 Å². The van der Waals surface area contributed by atoms with Crippen LogP contribution in [0.5, 0.6) is 0 Å². The zero-order chi connectivity index (χ0) is 10.8.